The molecule has 7 heteroatoms. The van der Waals surface area contributed by atoms with Crippen LogP contribution in [0.3, 0.4) is 0 Å². The van der Waals surface area contributed by atoms with Crippen LogP contribution < -0.4 is 10.6 Å². The number of hydrogen-bond donors (Lipinski definition) is 2. The standard InChI is InChI=1S/C20H30BrN3O3/c1-3-22-19(25)23-11-17-6-7-20(27-17)13-24(8-9-26-14-20)12-16-10-15(2)4-5-18(16)21/h4-5,10,17H,3,6-9,11-14H2,1-2H3,(H2,22,23,25). The molecule has 3 rings (SSSR count). The molecule has 0 aromatic heterocycles. The Kier molecular flexibility index (Phi) is 7.14. The second kappa shape index (κ2) is 9.37. The molecule has 0 saturated carbocycles. The Morgan fingerprint density at radius 3 is 3.07 bits per heavy atom. The number of amides is 2. The average molecular weight is 440 g/mol. The van der Waals surface area contributed by atoms with Gasteiger partial charge in [0.15, 0.2) is 0 Å². The van der Waals surface area contributed by atoms with Gasteiger partial charge in [-0.3, -0.25) is 4.90 Å². The molecule has 2 amide bonds. The summed E-state index contributed by atoms with van der Waals surface area (Å²) in [6.07, 6.45) is 1.94. The molecule has 0 radical (unpaired) electrons. The van der Waals surface area contributed by atoms with E-state index < -0.39 is 0 Å². The lowest BCUT2D eigenvalue weighted by atomic mass is 9.99. The van der Waals surface area contributed by atoms with Gasteiger partial charge in [0.05, 0.1) is 19.3 Å². The smallest absolute Gasteiger partial charge is 0.314 e. The Labute approximate surface area is 170 Å². The van der Waals surface area contributed by atoms with Gasteiger partial charge in [-0.1, -0.05) is 33.6 Å². The van der Waals surface area contributed by atoms with E-state index in [1.807, 2.05) is 6.92 Å². The summed E-state index contributed by atoms with van der Waals surface area (Å²) in [7, 11) is 0. The van der Waals surface area contributed by atoms with Crippen molar-refractivity contribution >= 4 is 22.0 Å². The maximum absolute atomic E-state index is 11.6. The molecule has 150 valence electrons. The van der Waals surface area contributed by atoms with Gasteiger partial charge in [0.25, 0.3) is 0 Å². The number of nitrogens with one attached hydrogen (secondary N) is 2. The van der Waals surface area contributed by atoms with E-state index >= 15 is 0 Å². The zero-order valence-electron chi connectivity index (χ0n) is 16.2. The fourth-order valence-corrected chi connectivity index (χ4v) is 4.25. The van der Waals surface area contributed by atoms with Crippen LogP contribution in [-0.2, 0) is 16.0 Å². The molecule has 2 aliphatic rings. The van der Waals surface area contributed by atoms with Crippen LogP contribution in [0, 0.1) is 6.92 Å². The van der Waals surface area contributed by atoms with E-state index in [-0.39, 0.29) is 17.7 Å². The minimum Gasteiger partial charge on any atom is -0.377 e. The number of halogens is 1. The largest absolute Gasteiger partial charge is 0.377 e. The van der Waals surface area contributed by atoms with Crippen LogP contribution in [0.2, 0.25) is 0 Å². The minimum atomic E-state index is -0.277. The molecule has 1 aromatic rings. The predicted molar refractivity (Wildman–Crippen MR) is 109 cm³/mol. The molecule has 2 saturated heterocycles. The van der Waals surface area contributed by atoms with E-state index in [0.29, 0.717) is 19.7 Å². The molecule has 2 aliphatic heterocycles. The molecule has 1 spiro atoms. The lowest BCUT2D eigenvalue weighted by Crippen LogP contribution is -2.46. The summed E-state index contributed by atoms with van der Waals surface area (Å²) in [5.74, 6) is 0. The molecule has 0 aliphatic carbocycles. The van der Waals surface area contributed by atoms with Crippen LogP contribution >= 0.6 is 15.9 Å². The minimum absolute atomic E-state index is 0.0434. The fraction of sp³-hybridized carbons (Fsp3) is 0.650. The zero-order chi connectivity index (χ0) is 19.3. The van der Waals surface area contributed by atoms with Crippen LogP contribution in [-0.4, -0.2) is 62.0 Å². The number of nitrogens with zero attached hydrogens (tertiary/aromatic N) is 1. The summed E-state index contributed by atoms with van der Waals surface area (Å²) >= 11 is 3.67. The summed E-state index contributed by atoms with van der Waals surface area (Å²) in [6.45, 7) is 9.15. The van der Waals surface area contributed by atoms with Crippen LogP contribution in [0.4, 0.5) is 4.79 Å². The van der Waals surface area contributed by atoms with Crippen molar-refractivity contribution in [3.05, 3.63) is 33.8 Å². The summed E-state index contributed by atoms with van der Waals surface area (Å²) in [6, 6.07) is 6.33. The molecular formula is C20H30BrN3O3. The molecule has 27 heavy (non-hydrogen) atoms. The first-order valence-corrected chi connectivity index (χ1v) is 10.5. The fourth-order valence-electron chi connectivity index (χ4n) is 3.88. The second-order valence-electron chi connectivity index (χ2n) is 7.56. The molecule has 2 heterocycles. The van der Waals surface area contributed by atoms with Crippen molar-refractivity contribution in [3.63, 3.8) is 0 Å². The first-order chi connectivity index (χ1) is 13.0. The van der Waals surface area contributed by atoms with E-state index in [9.17, 15) is 4.79 Å². The van der Waals surface area contributed by atoms with E-state index in [0.717, 1.165) is 43.6 Å². The van der Waals surface area contributed by atoms with Gasteiger partial charge in [0.1, 0.15) is 5.60 Å². The topological polar surface area (TPSA) is 62.8 Å². The van der Waals surface area contributed by atoms with E-state index in [2.05, 4.69) is 56.6 Å². The van der Waals surface area contributed by atoms with E-state index in [1.54, 1.807) is 0 Å². The van der Waals surface area contributed by atoms with Gasteiger partial charge in [-0.25, -0.2) is 4.79 Å². The third-order valence-corrected chi connectivity index (χ3v) is 5.96. The van der Waals surface area contributed by atoms with Crippen molar-refractivity contribution in [2.75, 3.05) is 39.4 Å². The Morgan fingerprint density at radius 1 is 1.41 bits per heavy atom. The Hall–Kier alpha value is -1.15. The lowest BCUT2D eigenvalue weighted by Gasteiger charge is -2.32. The molecule has 2 unspecified atom stereocenters. The molecule has 1 aromatic carbocycles. The molecule has 6 nitrogen and oxygen atoms in total. The van der Waals surface area contributed by atoms with Gasteiger partial charge >= 0.3 is 6.03 Å². The van der Waals surface area contributed by atoms with Crippen molar-refractivity contribution in [1.29, 1.82) is 0 Å². The molecule has 2 atom stereocenters. The summed E-state index contributed by atoms with van der Waals surface area (Å²) < 4.78 is 13.4. The summed E-state index contributed by atoms with van der Waals surface area (Å²) in [5, 5.41) is 5.64. The highest BCUT2D eigenvalue weighted by Crippen LogP contribution is 2.33. The van der Waals surface area contributed by atoms with Crippen molar-refractivity contribution < 1.29 is 14.3 Å². The molecule has 2 fully saturated rings. The van der Waals surface area contributed by atoms with Gasteiger partial charge in [-0.15, -0.1) is 0 Å². The van der Waals surface area contributed by atoms with Crippen molar-refractivity contribution in [3.8, 4) is 0 Å². The number of ether oxygens (including phenoxy) is 2. The van der Waals surface area contributed by atoms with Gasteiger partial charge in [0.2, 0.25) is 0 Å². The molecular weight excluding hydrogens is 410 g/mol. The Bertz CT molecular complexity index is 657. The highest BCUT2D eigenvalue weighted by molar-refractivity contribution is 9.10. The Balaban J connectivity index is 1.59. The number of hydrogen-bond acceptors (Lipinski definition) is 4. The van der Waals surface area contributed by atoms with Crippen LogP contribution in [0.5, 0.6) is 0 Å². The van der Waals surface area contributed by atoms with Gasteiger partial charge in [-0.05, 0) is 38.3 Å². The number of benzene rings is 1. The van der Waals surface area contributed by atoms with Crippen LogP contribution in [0.25, 0.3) is 0 Å². The average Bonchev–Trinajstić information content (AvgIpc) is 2.92. The first kappa shape index (κ1) is 20.6. The monoisotopic (exact) mass is 439 g/mol. The van der Waals surface area contributed by atoms with Gasteiger partial charge < -0.3 is 20.1 Å². The highest BCUT2D eigenvalue weighted by Gasteiger charge is 2.43. The number of urea groups is 1. The first-order valence-electron chi connectivity index (χ1n) is 9.74. The molecule has 0 bridgehead atoms. The van der Waals surface area contributed by atoms with Crippen molar-refractivity contribution in [2.24, 2.45) is 0 Å². The van der Waals surface area contributed by atoms with Crippen LogP contribution in [0.1, 0.15) is 30.9 Å². The summed E-state index contributed by atoms with van der Waals surface area (Å²) in [4.78, 5) is 14.0. The lowest BCUT2D eigenvalue weighted by molar-refractivity contribution is -0.0847. The predicted octanol–water partition coefficient (Wildman–Crippen LogP) is 2.83. The van der Waals surface area contributed by atoms with E-state index in [4.69, 9.17) is 9.47 Å². The van der Waals surface area contributed by atoms with Gasteiger partial charge in [0, 0.05) is 37.2 Å². The van der Waals surface area contributed by atoms with Gasteiger partial charge in [-0.2, -0.15) is 0 Å². The number of carbonyl (C=O) groups is 1. The normalized spacial score (nSPS) is 26.1. The van der Waals surface area contributed by atoms with Crippen LogP contribution in [0.15, 0.2) is 22.7 Å². The SMILES string of the molecule is CCNC(=O)NCC1CCC2(COCCN(Cc3cc(C)ccc3Br)C2)O1. The van der Waals surface area contributed by atoms with E-state index in [1.165, 1.54) is 11.1 Å². The maximum atomic E-state index is 11.6. The molecule has 2 N–H and O–H groups in total. The third-order valence-electron chi connectivity index (χ3n) is 5.19. The zero-order valence-corrected chi connectivity index (χ0v) is 17.8. The summed E-state index contributed by atoms with van der Waals surface area (Å²) in [5.41, 5.74) is 2.28. The third kappa shape index (κ3) is 5.67. The quantitative estimate of drug-likeness (QED) is 0.740. The Morgan fingerprint density at radius 2 is 2.26 bits per heavy atom. The number of carbonyl (C=O) groups excluding carboxylic acids is 1. The number of rotatable bonds is 5. The van der Waals surface area contributed by atoms with Crippen molar-refractivity contribution in [1.82, 2.24) is 15.5 Å². The maximum Gasteiger partial charge on any atom is 0.314 e. The highest BCUT2D eigenvalue weighted by atomic mass is 79.9. The second-order valence-corrected chi connectivity index (χ2v) is 8.41. The van der Waals surface area contributed by atoms with Crippen molar-refractivity contribution in [2.45, 2.75) is 44.9 Å². The number of aryl methyl sites for hydroxylation is 1.